The maximum Gasteiger partial charge on any atom is 0.355 e. The Morgan fingerprint density at radius 2 is 1.85 bits per heavy atom. The lowest BCUT2D eigenvalue weighted by atomic mass is 9.86. The summed E-state index contributed by atoms with van der Waals surface area (Å²) in [6.45, 7) is 5.30. The van der Waals surface area contributed by atoms with Crippen LogP contribution < -0.4 is 0 Å². The van der Waals surface area contributed by atoms with Crippen LogP contribution in [0.5, 0.6) is 0 Å². The van der Waals surface area contributed by atoms with E-state index in [9.17, 15) is 10.1 Å². The largest absolute Gasteiger partial charge is 0.461 e. The SMILES string of the molecule is CCOC(=O)c1[nH]c(C)c(C(C#N)C(C#N)C#N)c1C. The van der Waals surface area contributed by atoms with Crippen molar-refractivity contribution in [2.45, 2.75) is 26.7 Å². The van der Waals surface area contributed by atoms with E-state index < -0.39 is 17.8 Å². The number of H-pyrrole nitrogens is 1. The Labute approximate surface area is 117 Å². The van der Waals surface area contributed by atoms with Crippen LogP contribution in [-0.4, -0.2) is 17.6 Å². The van der Waals surface area contributed by atoms with Gasteiger partial charge in [0.1, 0.15) is 11.6 Å². The van der Waals surface area contributed by atoms with Gasteiger partial charge in [0.05, 0.1) is 24.8 Å². The Bertz CT molecular complexity index is 626. The molecule has 0 aliphatic rings. The van der Waals surface area contributed by atoms with E-state index in [-0.39, 0.29) is 12.3 Å². The van der Waals surface area contributed by atoms with Crippen LogP contribution >= 0.6 is 0 Å². The van der Waals surface area contributed by atoms with Crippen molar-refractivity contribution < 1.29 is 9.53 Å². The zero-order valence-electron chi connectivity index (χ0n) is 11.5. The van der Waals surface area contributed by atoms with Gasteiger partial charge in [-0.05, 0) is 31.9 Å². The molecule has 0 spiro atoms. The standard InChI is InChI=1S/C14H14N4O2/c1-4-20-14(19)13-8(2)12(9(3)18-13)11(7-17)10(5-15)6-16/h10-11,18H,4H2,1-3H3. The highest BCUT2D eigenvalue weighted by molar-refractivity contribution is 5.90. The number of nitriles is 3. The molecule has 1 heterocycles. The van der Waals surface area contributed by atoms with Crippen molar-refractivity contribution >= 4 is 5.97 Å². The third-order valence-electron chi connectivity index (χ3n) is 3.04. The van der Waals surface area contributed by atoms with E-state index in [1.165, 1.54) is 0 Å². The van der Waals surface area contributed by atoms with Crippen LogP contribution in [0.1, 0.15) is 40.2 Å². The summed E-state index contributed by atoms with van der Waals surface area (Å²) in [5.74, 6) is -2.49. The number of hydrogen-bond acceptors (Lipinski definition) is 5. The number of rotatable bonds is 4. The van der Waals surface area contributed by atoms with Crippen molar-refractivity contribution in [1.82, 2.24) is 4.98 Å². The predicted molar refractivity (Wildman–Crippen MR) is 69.3 cm³/mol. The number of hydrogen-bond donors (Lipinski definition) is 1. The molecule has 0 aromatic carbocycles. The molecule has 0 amide bonds. The second-order valence-electron chi connectivity index (χ2n) is 4.23. The van der Waals surface area contributed by atoms with E-state index in [0.29, 0.717) is 16.8 Å². The molecule has 0 aliphatic heterocycles. The Balaban J connectivity index is 3.34. The third kappa shape index (κ3) is 2.63. The van der Waals surface area contributed by atoms with Gasteiger partial charge >= 0.3 is 5.97 Å². The molecule has 1 atom stereocenters. The molecular formula is C14H14N4O2. The fourth-order valence-corrected chi connectivity index (χ4v) is 2.12. The van der Waals surface area contributed by atoms with Gasteiger partial charge in [-0.3, -0.25) is 0 Å². The van der Waals surface area contributed by atoms with Gasteiger partial charge in [0.2, 0.25) is 0 Å². The topological polar surface area (TPSA) is 113 Å². The molecule has 1 N–H and O–H groups in total. The Morgan fingerprint density at radius 3 is 2.30 bits per heavy atom. The van der Waals surface area contributed by atoms with Gasteiger partial charge < -0.3 is 9.72 Å². The smallest absolute Gasteiger partial charge is 0.355 e. The van der Waals surface area contributed by atoms with E-state index in [1.807, 2.05) is 6.07 Å². The summed E-state index contributed by atoms with van der Waals surface area (Å²) in [5.41, 5.74) is 1.91. The number of aromatic nitrogens is 1. The van der Waals surface area contributed by atoms with E-state index in [2.05, 4.69) is 4.98 Å². The van der Waals surface area contributed by atoms with Gasteiger partial charge in [0.25, 0.3) is 0 Å². The lowest BCUT2D eigenvalue weighted by molar-refractivity contribution is 0.0519. The molecule has 1 unspecified atom stereocenters. The van der Waals surface area contributed by atoms with Gasteiger partial charge in [-0.15, -0.1) is 0 Å². The number of esters is 1. The number of ether oxygens (including phenoxy) is 1. The first-order valence-electron chi connectivity index (χ1n) is 6.06. The normalized spacial score (nSPS) is 11.2. The molecule has 1 aromatic rings. The average Bonchev–Trinajstić information content (AvgIpc) is 2.72. The minimum atomic E-state index is -1.08. The fourth-order valence-electron chi connectivity index (χ4n) is 2.12. The molecule has 20 heavy (non-hydrogen) atoms. The molecule has 6 nitrogen and oxygen atoms in total. The molecule has 1 rings (SSSR count). The van der Waals surface area contributed by atoms with Gasteiger partial charge in [0.15, 0.2) is 5.92 Å². The molecular weight excluding hydrogens is 256 g/mol. The monoisotopic (exact) mass is 270 g/mol. The van der Waals surface area contributed by atoms with Crippen LogP contribution in [0.3, 0.4) is 0 Å². The average molecular weight is 270 g/mol. The van der Waals surface area contributed by atoms with Crippen LogP contribution in [0.2, 0.25) is 0 Å². The van der Waals surface area contributed by atoms with Crippen LogP contribution in [0.25, 0.3) is 0 Å². The number of nitrogens with zero attached hydrogens (tertiary/aromatic N) is 3. The summed E-state index contributed by atoms with van der Waals surface area (Å²) in [5, 5.41) is 27.1. The second-order valence-corrected chi connectivity index (χ2v) is 4.23. The molecule has 0 fully saturated rings. The summed E-state index contributed by atoms with van der Waals surface area (Å²) in [6, 6.07) is 5.58. The van der Waals surface area contributed by atoms with Gasteiger partial charge in [-0.2, -0.15) is 15.8 Å². The van der Waals surface area contributed by atoms with Gasteiger partial charge in [-0.25, -0.2) is 4.79 Å². The highest BCUT2D eigenvalue weighted by Gasteiger charge is 2.30. The predicted octanol–water partition coefficient (Wildman–Crippen LogP) is 2.08. The number of nitrogens with one attached hydrogen (secondary N) is 1. The molecule has 1 aromatic heterocycles. The van der Waals surface area contributed by atoms with Crippen molar-refractivity contribution in [3.05, 3.63) is 22.5 Å². The lowest BCUT2D eigenvalue weighted by Crippen LogP contribution is -2.10. The fraction of sp³-hybridized carbons (Fsp3) is 0.429. The molecule has 102 valence electrons. The van der Waals surface area contributed by atoms with Crippen molar-refractivity contribution in [2.75, 3.05) is 6.61 Å². The van der Waals surface area contributed by atoms with Crippen molar-refractivity contribution in [3.63, 3.8) is 0 Å². The van der Waals surface area contributed by atoms with Crippen LogP contribution in [-0.2, 0) is 4.74 Å². The van der Waals surface area contributed by atoms with Crippen LogP contribution in [0, 0.1) is 53.8 Å². The number of aryl methyl sites for hydroxylation is 1. The third-order valence-corrected chi connectivity index (χ3v) is 3.04. The lowest BCUT2D eigenvalue weighted by Gasteiger charge is -2.10. The van der Waals surface area contributed by atoms with E-state index in [1.54, 1.807) is 32.9 Å². The summed E-state index contributed by atoms with van der Waals surface area (Å²) in [6.07, 6.45) is 0. The first kappa shape index (κ1) is 15.3. The minimum absolute atomic E-state index is 0.242. The quantitative estimate of drug-likeness (QED) is 0.841. The zero-order valence-corrected chi connectivity index (χ0v) is 11.5. The van der Waals surface area contributed by atoms with E-state index >= 15 is 0 Å². The Kier molecular flexibility index (Phi) is 4.89. The van der Waals surface area contributed by atoms with Crippen molar-refractivity contribution in [3.8, 4) is 18.2 Å². The molecule has 6 heteroatoms. The number of aromatic amines is 1. The van der Waals surface area contributed by atoms with Gasteiger partial charge in [0, 0.05) is 5.69 Å². The van der Waals surface area contributed by atoms with E-state index in [0.717, 1.165) is 0 Å². The number of carbonyl (C=O) groups excluding carboxylic acids is 1. The summed E-state index contributed by atoms with van der Waals surface area (Å²) < 4.78 is 4.92. The van der Waals surface area contributed by atoms with Crippen LogP contribution in [0.4, 0.5) is 0 Å². The zero-order chi connectivity index (χ0) is 15.3. The molecule has 0 bridgehead atoms. The number of carbonyl (C=O) groups is 1. The molecule has 0 aliphatic carbocycles. The molecule has 0 saturated heterocycles. The maximum atomic E-state index is 11.8. The van der Waals surface area contributed by atoms with Crippen molar-refractivity contribution in [1.29, 1.82) is 15.8 Å². The summed E-state index contributed by atoms with van der Waals surface area (Å²) in [4.78, 5) is 14.7. The molecule has 0 saturated carbocycles. The highest BCUT2D eigenvalue weighted by Crippen LogP contribution is 2.31. The second kappa shape index (κ2) is 6.41. The van der Waals surface area contributed by atoms with E-state index in [4.69, 9.17) is 15.3 Å². The molecule has 0 radical (unpaired) electrons. The maximum absolute atomic E-state index is 11.8. The first-order valence-corrected chi connectivity index (χ1v) is 6.06. The highest BCUT2D eigenvalue weighted by atomic mass is 16.5. The first-order chi connectivity index (χ1) is 9.51. The Hall–Kier alpha value is -2.78. The minimum Gasteiger partial charge on any atom is -0.461 e. The summed E-state index contributed by atoms with van der Waals surface area (Å²) >= 11 is 0. The summed E-state index contributed by atoms with van der Waals surface area (Å²) in [7, 11) is 0. The van der Waals surface area contributed by atoms with Crippen molar-refractivity contribution in [2.24, 2.45) is 5.92 Å². The van der Waals surface area contributed by atoms with Gasteiger partial charge in [-0.1, -0.05) is 0 Å². The Morgan fingerprint density at radius 1 is 1.25 bits per heavy atom. The van der Waals surface area contributed by atoms with Crippen LogP contribution in [0.15, 0.2) is 0 Å².